The van der Waals surface area contributed by atoms with Crippen molar-refractivity contribution in [2.75, 3.05) is 45.9 Å². The molecule has 2 saturated heterocycles. The minimum absolute atomic E-state index is 0. The van der Waals surface area contributed by atoms with Crippen molar-refractivity contribution in [3.05, 3.63) is 35.1 Å². The van der Waals surface area contributed by atoms with Crippen molar-refractivity contribution in [1.29, 1.82) is 0 Å². The maximum Gasteiger partial charge on any atom is 0.254 e. The van der Waals surface area contributed by atoms with E-state index in [4.69, 9.17) is 4.74 Å². The molecule has 0 bridgehead atoms. The highest BCUT2D eigenvalue weighted by atomic mass is 35.5. The predicted molar refractivity (Wildman–Crippen MR) is 93.5 cm³/mol. The molecule has 0 spiro atoms. The first-order valence-corrected chi connectivity index (χ1v) is 8.23. The normalized spacial score (nSPS) is 20.8. The molecule has 2 aliphatic rings. The second-order valence-electron chi connectivity index (χ2n) is 6.15. The van der Waals surface area contributed by atoms with Crippen molar-refractivity contribution in [3.63, 3.8) is 0 Å². The minimum atomic E-state index is -0.438. The number of nitrogens with one attached hydrogen (secondary N) is 1. The van der Waals surface area contributed by atoms with Crippen molar-refractivity contribution in [1.82, 2.24) is 15.1 Å². The van der Waals surface area contributed by atoms with Crippen LogP contribution in [0.2, 0.25) is 0 Å². The van der Waals surface area contributed by atoms with Gasteiger partial charge in [-0.05, 0) is 24.6 Å². The first kappa shape index (κ1) is 19.6. The Morgan fingerprint density at radius 3 is 2.48 bits per heavy atom. The molecule has 2 aliphatic heterocycles. The zero-order valence-corrected chi connectivity index (χ0v) is 15.0. The fourth-order valence-electron chi connectivity index (χ4n) is 2.97. The summed E-state index contributed by atoms with van der Waals surface area (Å²) in [6.45, 7) is 5.32. The first-order valence-electron chi connectivity index (χ1n) is 8.23. The Hall–Kier alpha value is -1.70. The molecule has 8 heteroatoms. The predicted octanol–water partition coefficient (Wildman–Crippen LogP) is 0.829. The van der Waals surface area contributed by atoms with Crippen molar-refractivity contribution < 1.29 is 18.7 Å². The van der Waals surface area contributed by atoms with E-state index < -0.39 is 6.10 Å². The number of benzene rings is 1. The fraction of sp³-hybridized carbons (Fsp3) is 0.529. The number of hydrogen-bond donors (Lipinski definition) is 1. The van der Waals surface area contributed by atoms with Crippen LogP contribution in [0.15, 0.2) is 18.2 Å². The Balaban J connectivity index is 0.00000225. The van der Waals surface area contributed by atoms with E-state index in [0.717, 1.165) is 6.54 Å². The Bertz CT molecular complexity index is 630. The maximum atomic E-state index is 13.6. The van der Waals surface area contributed by atoms with E-state index in [2.05, 4.69) is 5.32 Å². The van der Waals surface area contributed by atoms with Gasteiger partial charge in [0.05, 0.1) is 6.61 Å². The summed E-state index contributed by atoms with van der Waals surface area (Å²) in [5, 5.41) is 3.14. The highest BCUT2D eigenvalue weighted by molar-refractivity contribution is 5.94. The molecule has 0 aromatic heterocycles. The second-order valence-corrected chi connectivity index (χ2v) is 6.15. The van der Waals surface area contributed by atoms with Crippen LogP contribution in [0.4, 0.5) is 4.39 Å². The maximum absolute atomic E-state index is 13.6. The smallest absolute Gasteiger partial charge is 0.254 e. The average Bonchev–Trinajstić information content (AvgIpc) is 2.63. The Labute approximate surface area is 152 Å². The van der Waals surface area contributed by atoms with Gasteiger partial charge in [0, 0.05) is 44.8 Å². The van der Waals surface area contributed by atoms with E-state index in [9.17, 15) is 14.0 Å². The van der Waals surface area contributed by atoms with E-state index in [-0.39, 0.29) is 30.0 Å². The van der Waals surface area contributed by atoms with Crippen LogP contribution in [0, 0.1) is 12.7 Å². The van der Waals surface area contributed by atoms with Crippen LogP contribution in [0.5, 0.6) is 0 Å². The lowest BCUT2D eigenvalue weighted by molar-refractivity contribution is -0.146. The molecule has 0 radical (unpaired) electrons. The third-order valence-corrected chi connectivity index (χ3v) is 4.50. The number of halogens is 2. The van der Waals surface area contributed by atoms with E-state index in [1.54, 1.807) is 28.9 Å². The third kappa shape index (κ3) is 4.48. The van der Waals surface area contributed by atoms with Gasteiger partial charge >= 0.3 is 0 Å². The number of nitrogens with zero attached hydrogens (tertiary/aromatic N) is 2. The molecule has 1 aromatic carbocycles. The molecule has 6 nitrogen and oxygen atoms in total. The van der Waals surface area contributed by atoms with Gasteiger partial charge in [-0.1, -0.05) is 6.07 Å². The van der Waals surface area contributed by atoms with Crippen LogP contribution in [0.1, 0.15) is 15.9 Å². The zero-order chi connectivity index (χ0) is 17.1. The Morgan fingerprint density at radius 1 is 1.20 bits per heavy atom. The summed E-state index contributed by atoms with van der Waals surface area (Å²) in [4.78, 5) is 28.2. The number of amides is 2. The summed E-state index contributed by atoms with van der Waals surface area (Å²) < 4.78 is 19.1. The van der Waals surface area contributed by atoms with Gasteiger partial charge in [0.1, 0.15) is 11.9 Å². The summed E-state index contributed by atoms with van der Waals surface area (Å²) in [7, 11) is 0. The summed E-state index contributed by atoms with van der Waals surface area (Å²) in [6, 6.07) is 4.52. The van der Waals surface area contributed by atoms with Gasteiger partial charge in [-0.15, -0.1) is 12.4 Å². The summed E-state index contributed by atoms with van der Waals surface area (Å²) in [6.07, 6.45) is -0.438. The molecule has 0 saturated carbocycles. The van der Waals surface area contributed by atoms with E-state index in [1.165, 1.54) is 6.07 Å². The average molecular weight is 372 g/mol. The third-order valence-electron chi connectivity index (χ3n) is 4.50. The number of ether oxygens (including phenoxy) is 1. The van der Waals surface area contributed by atoms with Crippen LogP contribution in [-0.4, -0.2) is 73.6 Å². The number of rotatable bonds is 2. The molecule has 2 heterocycles. The standard InChI is InChI=1S/C17H22FN3O3.ClH/c1-12-2-3-13(10-14(12)18)16(22)20-5-7-21(8-6-20)17(23)15-11-19-4-9-24-15;/h2-3,10,15,19H,4-9,11H2,1H3;1H. The van der Waals surface area contributed by atoms with Gasteiger partial charge in [-0.2, -0.15) is 0 Å². The quantitative estimate of drug-likeness (QED) is 0.836. The molecule has 2 amide bonds. The van der Waals surface area contributed by atoms with Gasteiger partial charge in [0.25, 0.3) is 11.8 Å². The molecule has 138 valence electrons. The molecule has 25 heavy (non-hydrogen) atoms. The summed E-state index contributed by atoms with van der Waals surface area (Å²) in [5.74, 6) is -0.608. The lowest BCUT2D eigenvalue weighted by Gasteiger charge is -2.37. The molecule has 1 N–H and O–H groups in total. The minimum Gasteiger partial charge on any atom is -0.366 e. The second kappa shape index (κ2) is 8.60. The number of morpholine rings is 1. The van der Waals surface area contributed by atoms with Gasteiger partial charge in [0.2, 0.25) is 0 Å². The number of carbonyl (C=O) groups is 2. The Morgan fingerprint density at radius 2 is 1.88 bits per heavy atom. The lowest BCUT2D eigenvalue weighted by atomic mass is 10.1. The van der Waals surface area contributed by atoms with Crippen LogP contribution < -0.4 is 5.32 Å². The summed E-state index contributed by atoms with van der Waals surface area (Å²) in [5.41, 5.74) is 0.862. The topological polar surface area (TPSA) is 61.9 Å². The molecule has 3 rings (SSSR count). The molecule has 1 aromatic rings. The van der Waals surface area contributed by atoms with Crippen molar-refractivity contribution in [3.8, 4) is 0 Å². The molecule has 0 aliphatic carbocycles. The molecule has 1 unspecified atom stereocenters. The number of hydrogen-bond acceptors (Lipinski definition) is 4. The lowest BCUT2D eigenvalue weighted by Crippen LogP contribution is -2.56. The van der Waals surface area contributed by atoms with Gasteiger partial charge in [0.15, 0.2) is 0 Å². The van der Waals surface area contributed by atoms with Gasteiger partial charge < -0.3 is 19.9 Å². The van der Waals surface area contributed by atoms with Crippen LogP contribution in [0.25, 0.3) is 0 Å². The number of carbonyl (C=O) groups excluding carboxylic acids is 2. The zero-order valence-electron chi connectivity index (χ0n) is 14.2. The first-order chi connectivity index (χ1) is 11.6. The fourth-order valence-corrected chi connectivity index (χ4v) is 2.97. The van der Waals surface area contributed by atoms with Gasteiger partial charge in [-0.3, -0.25) is 9.59 Å². The monoisotopic (exact) mass is 371 g/mol. The Kier molecular flexibility index (Phi) is 6.75. The van der Waals surface area contributed by atoms with Crippen LogP contribution >= 0.6 is 12.4 Å². The molecular formula is C17H23ClFN3O3. The number of aryl methyl sites for hydroxylation is 1. The highest BCUT2D eigenvalue weighted by Gasteiger charge is 2.30. The van der Waals surface area contributed by atoms with E-state index in [0.29, 0.717) is 50.5 Å². The number of piperazine rings is 1. The summed E-state index contributed by atoms with van der Waals surface area (Å²) >= 11 is 0. The van der Waals surface area contributed by atoms with Crippen LogP contribution in [0.3, 0.4) is 0 Å². The van der Waals surface area contributed by atoms with E-state index >= 15 is 0 Å². The molecule has 1 atom stereocenters. The van der Waals surface area contributed by atoms with Crippen LogP contribution in [-0.2, 0) is 9.53 Å². The van der Waals surface area contributed by atoms with Gasteiger partial charge in [-0.25, -0.2) is 4.39 Å². The van der Waals surface area contributed by atoms with E-state index in [1.807, 2.05) is 0 Å². The highest BCUT2D eigenvalue weighted by Crippen LogP contribution is 2.14. The van der Waals surface area contributed by atoms with Crippen molar-refractivity contribution in [2.45, 2.75) is 13.0 Å². The van der Waals surface area contributed by atoms with Crippen molar-refractivity contribution in [2.24, 2.45) is 0 Å². The van der Waals surface area contributed by atoms with Crippen molar-refractivity contribution >= 4 is 24.2 Å². The molecule has 2 fully saturated rings. The molecular weight excluding hydrogens is 349 g/mol. The largest absolute Gasteiger partial charge is 0.366 e. The SMILES string of the molecule is Cc1ccc(C(=O)N2CCN(C(=O)C3CNCCO3)CC2)cc1F.Cl.